The van der Waals surface area contributed by atoms with Crippen molar-refractivity contribution in [3.8, 4) is 0 Å². The van der Waals surface area contributed by atoms with Crippen LogP contribution in [0.15, 0.2) is 18.2 Å². The molecule has 0 aliphatic rings. The Kier molecular flexibility index (Phi) is 4.57. The third-order valence-corrected chi connectivity index (χ3v) is 3.53. The first kappa shape index (κ1) is 14.7. The molecule has 5 nitrogen and oxygen atoms in total. The maximum atomic E-state index is 12.1. The minimum absolute atomic E-state index is 0.300. The van der Waals surface area contributed by atoms with Gasteiger partial charge >= 0.3 is 0 Å². The highest BCUT2D eigenvalue weighted by Crippen LogP contribution is 2.21. The Bertz CT molecular complexity index is 606. The van der Waals surface area contributed by atoms with Gasteiger partial charge in [0.15, 0.2) is 0 Å². The normalized spacial score (nSPS) is 10.8. The van der Waals surface area contributed by atoms with E-state index in [-0.39, 0.29) is 5.91 Å². The highest BCUT2D eigenvalue weighted by molar-refractivity contribution is 7.15. The van der Waals surface area contributed by atoms with Crippen molar-refractivity contribution in [2.24, 2.45) is 5.92 Å². The number of rotatable bonds is 4. The Balaban J connectivity index is 2.09. The summed E-state index contributed by atoms with van der Waals surface area (Å²) < 4.78 is 0. The van der Waals surface area contributed by atoms with Crippen molar-refractivity contribution in [3.63, 3.8) is 0 Å². The smallest absolute Gasteiger partial charge is 0.257 e. The van der Waals surface area contributed by atoms with Crippen LogP contribution in [0.25, 0.3) is 0 Å². The fraction of sp³-hybridized carbons (Fsp3) is 0.308. The zero-order chi connectivity index (χ0) is 14.7. The lowest BCUT2D eigenvalue weighted by atomic mass is 10.1. The number of anilines is 2. The molecule has 20 heavy (non-hydrogen) atoms. The van der Waals surface area contributed by atoms with Crippen molar-refractivity contribution >= 4 is 39.7 Å². The van der Waals surface area contributed by atoms with E-state index in [2.05, 4.69) is 29.4 Å². The van der Waals surface area contributed by atoms with E-state index in [0.717, 1.165) is 11.4 Å². The number of aromatic nitrogens is 2. The number of hydrogen-bond donors (Lipinski definition) is 2. The molecule has 0 bridgehead atoms. The molecule has 0 fully saturated rings. The van der Waals surface area contributed by atoms with Crippen LogP contribution in [0, 0.1) is 5.92 Å². The van der Waals surface area contributed by atoms with Crippen LogP contribution in [0.3, 0.4) is 0 Å². The molecule has 3 N–H and O–H groups in total. The van der Waals surface area contributed by atoms with E-state index in [1.165, 1.54) is 11.3 Å². The quantitative estimate of drug-likeness (QED) is 0.850. The molecule has 0 unspecified atom stereocenters. The van der Waals surface area contributed by atoms with Crippen LogP contribution in [-0.4, -0.2) is 16.1 Å². The molecule has 0 aliphatic carbocycles. The minimum Gasteiger partial charge on any atom is -0.399 e. The number of carbonyl (C=O) groups is 1. The number of nitrogens with two attached hydrogens (primary N) is 1. The fourth-order valence-corrected chi connectivity index (χ4v) is 2.84. The molecule has 0 aliphatic heterocycles. The highest BCUT2D eigenvalue weighted by Gasteiger charge is 2.12. The molecule has 0 spiro atoms. The van der Waals surface area contributed by atoms with E-state index in [9.17, 15) is 4.79 Å². The fourth-order valence-electron chi connectivity index (χ4n) is 1.65. The number of halogens is 1. The van der Waals surface area contributed by atoms with Crippen molar-refractivity contribution < 1.29 is 4.79 Å². The third kappa shape index (κ3) is 3.91. The number of nitrogens with one attached hydrogen (secondary N) is 1. The summed E-state index contributed by atoms with van der Waals surface area (Å²) in [6.45, 7) is 4.21. The predicted molar refractivity (Wildman–Crippen MR) is 82.3 cm³/mol. The van der Waals surface area contributed by atoms with Crippen molar-refractivity contribution in [1.82, 2.24) is 10.2 Å². The predicted octanol–water partition coefficient (Wildman–Crippen LogP) is 3.22. The standard InChI is InChI=1S/C13H15ClN4OS/c1-7(2)3-11-17-18-13(20-11)16-12(19)8-4-9(14)6-10(15)5-8/h4-7H,3,15H2,1-2H3,(H,16,18,19). The van der Waals surface area contributed by atoms with Gasteiger partial charge < -0.3 is 5.73 Å². The van der Waals surface area contributed by atoms with Gasteiger partial charge in [0.05, 0.1) is 0 Å². The van der Waals surface area contributed by atoms with Crippen molar-refractivity contribution in [2.75, 3.05) is 11.1 Å². The lowest BCUT2D eigenvalue weighted by Crippen LogP contribution is -2.12. The number of nitrogen functional groups attached to an aromatic ring is 1. The summed E-state index contributed by atoms with van der Waals surface area (Å²) in [6.07, 6.45) is 0.845. The number of amides is 1. The summed E-state index contributed by atoms with van der Waals surface area (Å²) in [4.78, 5) is 12.1. The molecular formula is C13H15ClN4OS. The molecule has 0 radical (unpaired) electrons. The SMILES string of the molecule is CC(C)Cc1nnc(NC(=O)c2cc(N)cc(Cl)c2)s1. The van der Waals surface area contributed by atoms with Crippen molar-refractivity contribution in [1.29, 1.82) is 0 Å². The molecule has 2 aromatic rings. The number of carbonyl (C=O) groups excluding carboxylic acids is 1. The lowest BCUT2D eigenvalue weighted by Gasteiger charge is -2.03. The van der Waals surface area contributed by atoms with Crippen LogP contribution in [0.2, 0.25) is 5.02 Å². The summed E-state index contributed by atoms with van der Waals surface area (Å²) in [7, 11) is 0. The molecule has 0 saturated heterocycles. The van der Waals surface area contributed by atoms with Gasteiger partial charge in [-0.1, -0.05) is 36.8 Å². The molecule has 1 aromatic heterocycles. The lowest BCUT2D eigenvalue weighted by molar-refractivity contribution is 0.102. The number of hydrogen-bond acceptors (Lipinski definition) is 5. The van der Waals surface area contributed by atoms with Gasteiger partial charge in [-0.2, -0.15) is 0 Å². The Morgan fingerprint density at radius 2 is 2.15 bits per heavy atom. The molecule has 0 saturated carbocycles. The first-order valence-corrected chi connectivity index (χ1v) is 7.33. The first-order valence-electron chi connectivity index (χ1n) is 6.14. The molecule has 0 atom stereocenters. The second kappa shape index (κ2) is 6.19. The first-order chi connectivity index (χ1) is 9.44. The van der Waals surface area contributed by atoms with Gasteiger partial charge in [0.2, 0.25) is 5.13 Å². The van der Waals surface area contributed by atoms with Crippen LogP contribution in [0.4, 0.5) is 10.8 Å². The Labute approximate surface area is 126 Å². The second-order valence-electron chi connectivity index (χ2n) is 4.83. The second-order valence-corrected chi connectivity index (χ2v) is 6.32. The van der Waals surface area contributed by atoms with E-state index in [1.807, 2.05) is 0 Å². The monoisotopic (exact) mass is 310 g/mol. The summed E-state index contributed by atoms with van der Waals surface area (Å²) in [6, 6.07) is 4.71. The van der Waals surface area contributed by atoms with Crippen LogP contribution in [0.5, 0.6) is 0 Å². The third-order valence-electron chi connectivity index (χ3n) is 2.45. The van der Waals surface area contributed by atoms with Gasteiger partial charge in [-0.15, -0.1) is 10.2 Å². The van der Waals surface area contributed by atoms with Gasteiger partial charge in [0, 0.05) is 22.7 Å². The molecule has 1 amide bonds. The minimum atomic E-state index is -0.300. The average Bonchev–Trinajstić information content (AvgIpc) is 2.74. The van der Waals surface area contributed by atoms with E-state index in [0.29, 0.717) is 27.3 Å². The van der Waals surface area contributed by atoms with Gasteiger partial charge in [0.25, 0.3) is 5.91 Å². The van der Waals surface area contributed by atoms with Crippen molar-refractivity contribution in [2.45, 2.75) is 20.3 Å². The maximum absolute atomic E-state index is 12.1. The van der Waals surface area contributed by atoms with Gasteiger partial charge in [-0.3, -0.25) is 10.1 Å². The summed E-state index contributed by atoms with van der Waals surface area (Å²) in [5.41, 5.74) is 6.50. The van der Waals surface area contributed by atoms with Gasteiger partial charge in [-0.25, -0.2) is 0 Å². The summed E-state index contributed by atoms with van der Waals surface area (Å²) in [5.74, 6) is 0.200. The largest absolute Gasteiger partial charge is 0.399 e. The van der Waals surface area contributed by atoms with Crippen LogP contribution < -0.4 is 11.1 Å². The van der Waals surface area contributed by atoms with Crippen LogP contribution >= 0.6 is 22.9 Å². The number of benzene rings is 1. The molecule has 1 heterocycles. The Hall–Kier alpha value is -1.66. The summed E-state index contributed by atoms with van der Waals surface area (Å²) >= 11 is 7.25. The maximum Gasteiger partial charge on any atom is 0.257 e. The van der Waals surface area contributed by atoms with E-state index in [4.69, 9.17) is 17.3 Å². The Morgan fingerprint density at radius 3 is 2.80 bits per heavy atom. The van der Waals surface area contributed by atoms with E-state index in [1.54, 1.807) is 18.2 Å². The van der Waals surface area contributed by atoms with Crippen molar-refractivity contribution in [3.05, 3.63) is 33.8 Å². The van der Waals surface area contributed by atoms with Gasteiger partial charge in [0.1, 0.15) is 5.01 Å². The van der Waals surface area contributed by atoms with Crippen LogP contribution in [-0.2, 0) is 6.42 Å². The van der Waals surface area contributed by atoms with Crippen LogP contribution in [0.1, 0.15) is 29.2 Å². The molecule has 1 aromatic carbocycles. The zero-order valence-corrected chi connectivity index (χ0v) is 12.8. The molecule has 7 heteroatoms. The highest BCUT2D eigenvalue weighted by atomic mass is 35.5. The molecule has 2 rings (SSSR count). The Morgan fingerprint density at radius 1 is 1.40 bits per heavy atom. The molecule has 106 valence electrons. The average molecular weight is 311 g/mol. The zero-order valence-electron chi connectivity index (χ0n) is 11.2. The topological polar surface area (TPSA) is 80.9 Å². The molecular weight excluding hydrogens is 296 g/mol. The van der Waals surface area contributed by atoms with E-state index >= 15 is 0 Å². The van der Waals surface area contributed by atoms with Gasteiger partial charge in [-0.05, 0) is 24.1 Å². The van der Waals surface area contributed by atoms with E-state index < -0.39 is 0 Å². The number of nitrogens with zero attached hydrogens (tertiary/aromatic N) is 2. The summed E-state index contributed by atoms with van der Waals surface area (Å²) in [5, 5.41) is 12.5.